The van der Waals surface area contributed by atoms with E-state index in [1.54, 1.807) is 50.9 Å². The number of anilines is 2. The summed E-state index contributed by atoms with van der Waals surface area (Å²) in [6.45, 7) is 0.307. The Morgan fingerprint density at radius 1 is 0.846 bits per heavy atom. The Morgan fingerprint density at radius 2 is 1.62 bits per heavy atom. The zero-order chi connectivity index (χ0) is 27.2. The van der Waals surface area contributed by atoms with Crippen LogP contribution in [0.3, 0.4) is 0 Å². The van der Waals surface area contributed by atoms with Crippen molar-refractivity contribution < 1.29 is 19.0 Å². The molecule has 0 unspecified atom stereocenters. The molecule has 0 bridgehead atoms. The topological polar surface area (TPSA) is 94.6 Å². The summed E-state index contributed by atoms with van der Waals surface area (Å²) >= 11 is 6.21. The number of carbonyl (C=O) groups is 1. The number of hydrogen-bond acceptors (Lipinski definition) is 7. The largest absolute Gasteiger partial charge is 0.493 e. The molecule has 1 amide bonds. The van der Waals surface area contributed by atoms with E-state index in [4.69, 9.17) is 25.8 Å². The number of benzene rings is 3. The summed E-state index contributed by atoms with van der Waals surface area (Å²) in [5.74, 6) is 2.61. The lowest BCUT2D eigenvalue weighted by Crippen LogP contribution is -2.24. The lowest BCUT2D eigenvalue weighted by Gasteiger charge is -2.13. The highest BCUT2D eigenvalue weighted by atomic mass is 35.5. The van der Waals surface area contributed by atoms with Gasteiger partial charge >= 0.3 is 0 Å². The third-order valence-corrected chi connectivity index (χ3v) is 6.37. The van der Waals surface area contributed by atoms with E-state index in [9.17, 15) is 4.79 Å². The lowest BCUT2D eigenvalue weighted by atomic mass is 10.1. The van der Waals surface area contributed by atoms with Crippen molar-refractivity contribution in [2.24, 2.45) is 0 Å². The summed E-state index contributed by atoms with van der Waals surface area (Å²) in [5.41, 5.74) is 2.71. The van der Waals surface area contributed by atoms with Crippen LogP contribution in [0.15, 0.2) is 91.3 Å². The molecule has 0 radical (unpaired) electrons. The molecule has 8 nitrogen and oxygen atoms in total. The molecule has 0 saturated carbocycles. The fourth-order valence-corrected chi connectivity index (χ4v) is 4.21. The van der Waals surface area contributed by atoms with Gasteiger partial charge < -0.3 is 24.8 Å². The standard InChI is InChI=1S/C30H25ClN4O4/c1-37-27-16-23-25(17-28(27)38-2)32-15-13-26(23)39-21-11-9-20(10-12-21)35-29-22(7-5-14-33-29)30(36)34-18-19-6-3-4-8-24(19)31/h3-17H,18H2,1-2H3,(H,33,35)(H,34,36). The zero-order valence-corrected chi connectivity index (χ0v) is 22.0. The molecule has 9 heteroatoms. The van der Waals surface area contributed by atoms with Gasteiger partial charge in [0, 0.05) is 41.1 Å². The number of methoxy groups -OCH3 is 2. The molecular formula is C30H25ClN4O4. The van der Waals surface area contributed by atoms with Crippen molar-refractivity contribution in [3.05, 3.63) is 107 Å². The van der Waals surface area contributed by atoms with Crippen LogP contribution in [0.25, 0.3) is 10.9 Å². The van der Waals surface area contributed by atoms with Gasteiger partial charge in [0.25, 0.3) is 5.91 Å². The van der Waals surface area contributed by atoms with Crippen molar-refractivity contribution in [3.8, 4) is 23.0 Å². The van der Waals surface area contributed by atoms with Crippen molar-refractivity contribution >= 4 is 39.9 Å². The summed E-state index contributed by atoms with van der Waals surface area (Å²) in [6, 6.07) is 23.6. The van der Waals surface area contributed by atoms with Gasteiger partial charge in [-0.2, -0.15) is 0 Å². The van der Waals surface area contributed by atoms with E-state index in [-0.39, 0.29) is 5.91 Å². The predicted molar refractivity (Wildman–Crippen MR) is 152 cm³/mol. The maximum Gasteiger partial charge on any atom is 0.255 e. The summed E-state index contributed by atoms with van der Waals surface area (Å²) in [5, 5.41) is 7.51. The second-order valence-corrected chi connectivity index (χ2v) is 8.87. The maximum atomic E-state index is 12.9. The Kier molecular flexibility index (Phi) is 7.75. The van der Waals surface area contributed by atoms with Gasteiger partial charge in [0.15, 0.2) is 11.5 Å². The first-order chi connectivity index (χ1) is 19.1. The quantitative estimate of drug-likeness (QED) is 0.213. The van der Waals surface area contributed by atoms with Gasteiger partial charge in [-0.05, 0) is 60.2 Å². The van der Waals surface area contributed by atoms with Crippen LogP contribution in [-0.2, 0) is 6.54 Å². The molecule has 0 aliphatic rings. The Balaban J connectivity index is 1.30. The van der Waals surface area contributed by atoms with Crippen LogP contribution >= 0.6 is 11.6 Å². The van der Waals surface area contributed by atoms with Crippen LogP contribution in [-0.4, -0.2) is 30.1 Å². The van der Waals surface area contributed by atoms with Crippen molar-refractivity contribution in [1.29, 1.82) is 0 Å². The van der Waals surface area contributed by atoms with Gasteiger partial charge in [0.1, 0.15) is 17.3 Å². The summed E-state index contributed by atoms with van der Waals surface area (Å²) in [6.07, 6.45) is 3.31. The molecule has 0 aliphatic heterocycles. The molecular weight excluding hydrogens is 516 g/mol. The minimum atomic E-state index is -0.262. The van der Waals surface area contributed by atoms with Crippen molar-refractivity contribution in [3.63, 3.8) is 0 Å². The van der Waals surface area contributed by atoms with Gasteiger partial charge in [-0.3, -0.25) is 9.78 Å². The molecule has 2 aromatic heterocycles. The summed E-state index contributed by atoms with van der Waals surface area (Å²) in [7, 11) is 3.17. The van der Waals surface area contributed by atoms with E-state index < -0.39 is 0 Å². The third-order valence-electron chi connectivity index (χ3n) is 6.00. The number of nitrogens with one attached hydrogen (secondary N) is 2. The normalized spacial score (nSPS) is 10.6. The number of rotatable bonds is 9. The fourth-order valence-electron chi connectivity index (χ4n) is 4.01. The van der Waals surface area contributed by atoms with E-state index in [0.717, 1.165) is 22.2 Å². The number of ether oxygens (including phenoxy) is 3. The fraction of sp³-hybridized carbons (Fsp3) is 0.100. The number of aromatic nitrogens is 2. The van der Waals surface area contributed by atoms with Crippen LogP contribution in [0.1, 0.15) is 15.9 Å². The number of pyridine rings is 2. The first-order valence-electron chi connectivity index (χ1n) is 12.1. The zero-order valence-electron chi connectivity index (χ0n) is 21.3. The van der Waals surface area contributed by atoms with E-state index in [1.807, 2.05) is 54.6 Å². The summed E-state index contributed by atoms with van der Waals surface area (Å²) in [4.78, 5) is 21.7. The Morgan fingerprint density at radius 3 is 2.38 bits per heavy atom. The van der Waals surface area contributed by atoms with Gasteiger partial charge in [-0.15, -0.1) is 0 Å². The average molecular weight is 541 g/mol. The van der Waals surface area contributed by atoms with Gasteiger partial charge in [0.05, 0.1) is 25.3 Å². The van der Waals surface area contributed by atoms with Crippen molar-refractivity contribution in [2.45, 2.75) is 6.54 Å². The number of nitrogens with zero attached hydrogens (tertiary/aromatic N) is 2. The minimum absolute atomic E-state index is 0.262. The molecule has 0 fully saturated rings. The predicted octanol–water partition coefficient (Wildman–Crippen LogP) is 6.77. The van der Waals surface area contributed by atoms with Gasteiger partial charge in [-0.25, -0.2) is 4.98 Å². The second-order valence-electron chi connectivity index (χ2n) is 8.46. The van der Waals surface area contributed by atoms with Crippen LogP contribution in [0.4, 0.5) is 11.5 Å². The van der Waals surface area contributed by atoms with Crippen LogP contribution in [0.2, 0.25) is 5.02 Å². The van der Waals surface area contributed by atoms with Crippen LogP contribution < -0.4 is 24.8 Å². The molecule has 3 aromatic carbocycles. The molecule has 196 valence electrons. The van der Waals surface area contributed by atoms with E-state index >= 15 is 0 Å². The third kappa shape index (κ3) is 5.86. The van der Waals surface area contributed by atoms with Crippen LogP contribution in [0.5, 0.6) is 23.0 Å². The maximum absolute atomic E-state index is 12.9. The van der Waals surface area contributed by atoms with E-state index in [2.05, 4.69) is 20.6 Å². The highest BCUT2D eigenvalue weighted by Crippen LogP contribution is 2.37. The number of fused-ring (bicyclic) bond motifs is 1. The number of amides is 1. The molecule has 0 spiro atoms. The second kappa shape index (κ2) is 11.7. The molecule has 39 heavy (non-hydrogen) atoms. The number of hydrogen-bond donors (Lipinski definition) is 2. The monoisotopic (exact) mass is 540 g/mol. The van der Waals surface area contributed by atoms with Crippen molar-refractivity contribution in [1.82, 2.24) is 15.3 Å². The molecule has 0 aliphatic carbocycles. The Bertz CT molecular complexity index is 1630. The SMILES string of the molecule is COc1cc2nccc(Oc3ccc(Nc4ncccc4C(=O)NCc4ccccc4Cl)cc3)c2cc1OC. The highest BCUT2D eigenvalue weighted by molar-refractivity contribution is 6.31. The lowest BCUT2D eigenvalue weighted by molar-refractivity contribution is 0.0951. The molecule has 0 saturated heterocycles. The molecule has 5 rings (SSSR count). The molecule has 0 atom stereocenters. The number of halogens is 1. The van der Waals surface area contributed by atoms with Crippen molar-refractivity contribution in [2.75, 3.05) is 19.5 Å². The minimum Gasteiger partial charge on any atom is -0.493 e. The first kappa shape index (κ1) is 25.8. The highest BCUT2D eigenvalue weighted by Gasteiger charge is 2.14. The summed E-state index contributed by atoms with van der Waals surface area (Å²) < 4.78 is 17.0. The Labute approximate surface area is 230 Å². The smallest absolute Gasteiger partial charge is 0.255 e. The molecule has 2 N–H and O–H groups in total. The molecule has 5 aromatic rings. The Hall–Kier alpha value is -4.82. The first-order valence-corrected chi connectivity index (χ1v) is 12.5. The molecule has 2 heterocycles. The van der Waals surface area contributed by atoms with Gasteiger partial charge in [0.2, 0.25) is 0 Å². The average Bonchev–Trinajstić information content (AvgIpc) is 2.97. The number of carbonyl (C=O) groups excluding carboxylic acids is 1. The van der Waals surface area contributed by atoms with Crippen LogP contribution in [0, 0.1) is 0 Å². The van der Waals surface area contributed by atoms with Gasteiger partial charge in [-0.1, -0.05) is 29.8 Å². The van der Waals surface area contributed by atoms with E-state index in [1.165, 1.54) is 0 Å². The van der Waals surface area contributed by atoms with E-state index in [0.29, 0.717) is 45.9 Å².